The van der Waals surface area contributed by atoms with E-state index in [-0.39, 0.29) is 17.8 Å². The molecule has 0 fully saturated rings. The third kappa shape index (κ3) is 4.78. The monoisotopic (exact) mass is 340 g/mol. The van der Waals surface area contributed by atoms with Gasteiger partial charge in [0.1, 0.15) is 5.75 Å². The van der Waals surface area contributed by atoms with Crippen LogP contribution in [-0.2, 0) is 11.2 Å². The maximum atomic E-state index is 12.3. The number of ether oxygens (including phenoxy) is 1. The molecule has 0 aliphatic rings. The molecule has 0 unspecified atom stereocenters. The number of ketones is 1. The van der Waals surface area contributed by atoms with Crippen molar-refractivity contribution in [2.45, 2.75) is 6.42 Å². The smallest absolute Gasteiger partial charge is 0.335 e. The second kappa shape index (κ2) is 7.92. The van der Waals surface area contributed by atoms with E-state index in [2.05, 4.69) is 0 Å². The average molecular weight is 340 g/mol. The molecule has 0 aliphatic carbocycles. The molecule has 0 amide bonds. The standard InChI is InChI=1S/C19H16O6/c1-25-17-9-7-14(10-15(17)11-18(21)22)16(20)8-4-12-2-5-13(6-3-12)19(23)24/h2-10H,11H2,1H3,(H,21,22)(H,23,24)/b8-4+. The molecule has 6 nitrogen and oxygen atoms in total. The van der Waals surface area contributed by atoms with Gasteiger partial charge in [-0.2, -0.15) is 0 Å². The Morgan fingerprint density at radius 3 is 2.20 bits per heavy atom. The fourth-order valence-corrected chi connectivity index (χ4v) is 2.24. The van der Waals surface area contributed by atoms with Crippen LogP contribution in [0.25, 0.3) is 6.08 Å². The predicted molar refractivity (Wildman–Crippen MR) is 91.1 cm³/mol. The molecule has 0 saturated carbocycles. The molecular formula is C19H16O6. The fourth-order valence-electron chi connectivity index (χ4n) is 2.24. The molecule has 0 bridgehead atoms. The third-order valence-electron chi connectivity index (χ3n) is 3.49. The third-order valence-corrected chi connectivity index (χ3v) is 3.49. The van der Waals surface area contributed by atoms with Crippen LogP contribution in [0.15, 0.2) is 48.5 Å². The van der Waals surface area contributed by atoms with E-state index in [1.54, 1.807) is 30.3 Å². The van der Waals surface area contributed by atoms with Crippen LogP contribution in [0.5, 0.6) is 5.75 Å². The highest BCUT2D eigenvalue weighted by atomic mass is 16.5. The molecule has 2 N–H and O–H groups in total. The van der Waals surface area contributed by atoms with Crippen molar-refractivity contribution in [2.75, 3.05) is 7.11 Å². The van der Waals surface area contributed by atoms with E-state index in [1.165, 1.54) is 31.4 Å². The molecule has 128 valence electrons. The summed E-state index contributed by atoms with van der Waals surface area (Å²) in [6.07, 6.45) is 2.67. The fraction of sp³-hybridized carbons (Fsp3) is 0.105. The van der Waals surface area contributed by atoms with Crippen LogP contribution < -0.4 is 4.74 Å². The minimum absolute atomic E-state index is 0.164. The highest BCUT2D eigenvalue weighted by Gasteiger charge is 2.11. The lowest BCUT2D eigenvalue weighted by Crippen LogP contribution is -2.04. The number of methoxy groups -OCH3 is 1. The number of allylic oxidation sites excluding steroid dienone is 1. The minimum atomic E-state index is -1.02. The number of carbonyl (C=O) groups is 3. The van der Waals surface area contributed by atoms with Crippen molar-refractivity contribution in [2.24, 2.45) is 0 Å². The number of aromatic carboxylic acids is 1. The van der Waals surface area contributed by atoms with E-state index in [0.29, 0.717) is 22.4 Å². The Bertz CT molecular complexity index is 833. The first-order valence-electron chi connectivity index (χ1n) is 7.35. The zero-order valence-corrected chi connectivity index (χ0v) is 13.4. The van der Waals surface area contributed by atoms with Gasteiger partial charge in [0.2, 0.25) is 0 Å². The van der Waals surface area contributed by atoms with Crippen molar-refractivity contribution in [3.05, 3.63) is 70.8 Å². The molecule has 0 atom stereocenters. The van der Waals surface area contributed by atoms with Crippen LogP contribution in [0.4, 0.5) is 0 Å². The van der Waals surface area contributed by atoms with Gasteiger partial charge in [-0.1, -0.05) is 18.2 Å². The van der Waals surface area contributed by atoms with Crippen molar-refractivity contribution < 1.29 is 29.3 Å². The van der Waals surface area contributed by atoms with Crippen LogP contribution in [0, 0.1) is 0 Å². The lowest BCUT2D eigenvalue weighted by atomic mass is 10.0. The van der Waals surface area contributed by atoms with Gasteiger partial charge in [-0.25, -0.2) is 4.79 Å². The van der Waals surface area contributed by atoms with E-state index >= 15 is 0 Å². The van der Waals surface area contributed by atoms with Crippen molar-refractivity contribution in [1.29, 1.82) is 0 Å². The quantitative estimate of drug-likeness (QED) is 0.594. The number of benzene rings is 2. The van der Waals surface area contributed by atoms with Gasteiger partial charge in [0.15, 0.2) is 5.78 Å². The summed E-state index contributed by atoms with van der Waals surface area (Å²) in [5, 5.41) is 17.8. The Hall–Kier alpha value is -3.41. The summed E-state index contributed by atoms with van der Waals surface area (Å²) in [7, 11) is 1.43. The van der Waals surface area contributed by atoms with Gasteiger partial charge in [0.25, 0.3) is 0 Å². The maximum absolute atomic E-state index is 12.3. The zero-order valence-electron chi connectivity index (χ0n) is 13.4. The Kier molecular flexibility index (Phi) is 5.68. The second-order valence-corrected chi connectivity index (χ2v) is 5.22. The summed E-state index contributed by atoms with van der Waals surface area (Å²) < 4.78 is 5.10. The Balaban J connectivity index is 2.19. The molecule has 2 rings (SSSR count). The lowest BCUT2D eigenvalue weighted by Gasteiger charge is -2.08. The molecular weight excluding hydrogens is 324 g/mol. The minimum Gasteiger partial charge on any atom is -0.496 e. The summed E-state index contributed by atoms with van der Waals surface area (Å²) >= 11 is 0. The molecule has 0 spiro atoms. The average Bonchev–Trinajstić information content (AvgIpc) is 2.59. The molecule has 2 aromatic carbocycles. The van der Waals surface area contributed by atoms with Gasteiger partial charge in [-0.3, -0.25) is 9.59 Å². The van der Waals surface area contributed by atoms with Crippen LogP contribution in [-0.4, -0.2) is 35.0 Å². The van der Waals surface area contributed by atoms with Gasteiger partial charge < -0.3 is 14.9 Å². The lowest BCUT2D eigenvalue weighted by molar-refractivity contribution is -0.136. The normalized spacial score (nSPS) is 10.6. The summed E-state index contributed by atoms with van der Waals surface area (Å²) in [5.74, 6) is -1.92. The first-order valence-corrected chi connectivity index (χ1v) is 7.35. The van der Waals surface area contributed by atoms with E-state index < -0.39 is 11.9 Å². The number of carboxylic acids is 2. The zero-order chi connectivity index (χ0) is 18.4. The molecule has 0 aromatic heterocycles. The number of hydrogen-bond donors (Lipinski definition) is 2. The first kappa shape index (κ1) is 17.9. The highest BCUT2D eigenvalue weighted by Crippen LogP contribution is 2.21. The van der Waals surface area contributed by atoms with Gasteiger partial charge in [0, 0.05) is 11.1 Å². The maximum Gasteiger partial charge on any atom is 0.335 e. The van der Waals surface area contributed by atoms with Crippen LogP contribution in [0.3, 0.4) is 0 Å². The van der Waals surface area contributed by atoms with Crippen molar-refractivity contribution in [3.63, 3.8) is 0 Å². The highest BCUT2D eigenvalue weighted by molar-refractivity contribution is 6.07. The van der Waals surface area contributed by atoms with Crippen LogP contribution in [0.1, 0.15) is 31.8 Å². The molecule has 6 heteroatoms. The number of carbonyl (C=O) groups excluding carboxylic acids is 1. The van der Waals surface area contributed by atoms with E-state index in [1.807, 2.05) is 0 Å². The van der Waals surface area contributed by atoms with Gasteiger partial charge in [-0.15, -0.1) is 0 Å². The molecule has 0 radical (unpaired) electrons. The molecule has 0 aliphatic heterocycles. The number of hydrogen-bond acceptors (Lipinski definition) is 4. The summed E-state index contributed by atoms with van der Waals surface area (Å²) in [6, 6.07) is 10.7. The largest absolute Gasteiger partial charge is 0.496 e. The summed E-state index contributed by atoms with van der Waals surface area (Å²) in [6.45, 7) is 0. The van der Waals surface area contributed by atoms with Crippen molar-refractivity contribution in [3.8, 4) is 5.75 Å². The molecule has 0 saturated heterocycles. The summed E-state index contributed by atoms with van der Waals surface area (Å²) in [4.78, 5) is 34.0. The Labute approximate surface area is 144 Å². The van der Waals surface area contributed by atoms with E-state index in [9.17, 15) is 14.4 Å². The number of rotatable bonds is 7. The van der Waals surface area contributed by atoms with E-state index in [4.69, 9.17) is 14.9 Å². The molecule has 2 aromatic rings. The Morgan fingerprint density at radius 2 is 1.64 bits per heavy atom. The SMILES string of the molecule is COc1ccc(C(=O)/C=C/c2ccc(C(=O)O)cc2)cc1CC(=O)O. The molecule has 0 heterocycles. The second-order valence-electron chi connectivity index (χ2n) is 5.22. The Morgan fingerprint density at radius 1 is 1.00 bits per heavy atom. The predicted octanol–water partition coefficient (Wildman–Crippen LogP) is 2.92. The summed E-state index contributed by atoms with van der Waals surface area (Å²) in [5.41, 5.74) is 1.60. The number of carboxylic acid groups (broad SMARTS) is 2. The topological polar surface area (TPSA) is 101 Å². The van der Waals surface area contributed by atoms with Gasteiger partial charge >= 0.3 is 11.9 Å². The first-order chi connectivity index (χ1) is 11.9. The van der Waals surface area contributed by atoms with E-state index in [0.717, 1.165) is 0 Å². The number of aliphatic carboxylic acids is 1. The van der Waals surface area contributed by atoms with Crippen molar-refractivity contribution in [1.82, 2.24) is 0 Å². The van der Waals surface area contributed by atoms with Crippen molar-refractivity contribution >= 4 is 23.8 Å². The van der Waals surface area contributed by atoms with Gasteiger partial charge in [0.05, 0.1) is 19.1 Å². The van der Waals surface area contributed by atoms with Crippen LogP contribution >= 0.6 is 0 Å². The molecule has 25 heavy (non-hydrogen) atoms. The van der Waals surface area contributed by atoms with Gasteiger partial charge in [-0.05, 0) is 42.0 Å². The van der Waals surface area contributed by atoms with Crippen LogP contribution in [0.2, 0.25) is 0 Å².